The fourth-order valence-electron chi connectivity index (χ4n) is 3.51. The van der Waals surface area contributed by atoms with Gasteiger partial charge in [-0.3, -0.25) is 19.3 Å². The van der Waals surface area contributed by atoms with E-state index in [0.29, 0.717) is 17.7 Å². The zero-order valence-corrected chi connectivity index (χ0v) is 14.7. The van der Waals surface area contributed by atoms with E-state index < -0.39 is 0 Å². The van der Waals surface area contributed by atoms with Gasteiger partial charge in [0.05, 0.1) is 6.54 Å². The maximum absolute atomic E-state index is 13.8. The average Bonchev–Trinajstić information content (AvgIpc) is 3.40. The van der Waals surface area contributed by atoms with Crippen LogP contribution in [0.15, 0.2) is 48.5 Å². The number of hydrogen-bond donors (Lipinski definition) is 1. The smallest absolute Gasteiger partial charge is 0.229 e. The monoisotopic (exact) mass is 366 g/mol. The molecule has 0 spiro atoms. The van der Waals surface area contributed by atoms with E-state index in [-0.39, 0.29) is 54.8 Å². The van der Waals surface area contributed by atoms with Crippen molar-refractivity contribution in [3.8, 4) is 0 Å². The molecular weight excluding hydrogens is 347 g/mol. The van der Waals surface area contributed by atoms with Crippen molar-refractivity contribution < 1.29 is 18.8 Å². The topological polar surface area (TPSA) is 66.5 Å². The van der Waals surface area contributed by atoms with E-state index in [0.717, 1.165) is 5.56 Å². The molecule has 0 radical (unpaired) electrons. The number of halogens is 1. The van der Waals surface area contributed by atoms with E-state index in [1.807, 2.05) is 0 Å². The van der Waals surface area contributed by atoms with Crippen LogP contribution < -0.4 is 5.32 Å². The minimum Gasteiger partial charge on any atom is -0.326 e. The van der Waals surface area contributed by atoms with Crippen molar-refractivity contribution in [1.29, 1.82) is 0 Å². The molecule has 0 bridgehead atoms. The summed E-state index contributed by atoms with van der Waals surface area (Å²) >= 11 is 0. The number of carbonyl (C=O) groups excluding carboxylic acids is 3. The molecule has 2 atom stereocenters. The molecule has 6 heteroatoms. The Morgan fingerprint density at radius 3 is 2.37 bits per heavy atom. The zero-order chi connectivity index (χ0) is 19.0. The van der Waals surface area contributed by atoms with Crippen LogP contribution in [0.4, 0.5) is 10.1 Å². The van der Waals surface area contributed by atoms with Gasteiger partial charge >= 0.3 is 0 Å². The van der Waals surface area contributed by atoms with Gasteiger partial charge in [-0.05, 0) is 41.7 Å². The molecule has 5 nitrogen and oxygen atoms in total. The van der Waals surface area contributed by atoms with Gasteiger partial charge in [0.1, 0.15) is 5.82 Å². The highest BCUT2D eigenvalue weighted by Crippen LogP contribution is 2.48. The molecule has 2 aromatic rings. The van der Waals surface area contributed by atoms with Crippen LogP contribution in [-0.2, 0) is 20.9 Å². The Hall–Kier alpha value is -3.02. The molecule has 1 saturated heterocycles. The Morgan fingerprint density at radius 2 is 1.70 bits per heavy atom. The summed E-state index contributed by atoms with van der Waals surface area (Å²) in [4.78, 5) is 37.0. The molecule has 1 saturated carbocycles. The Kier molecular flexibility index (Phi) is 4.48. The highest BCUT2D eigenvalue weighted by Gasteiger charge is 2.45. The van der Waals surface area contributed by atoms with Crippen molar-refractivity contribution in [2.75, 3.05) is 5.32 Å². The third-order valence-corrected chi connectivity index (χ3v) is 5.15. The minimum absolute atomic E-state index is 0.0716. The largest absolute Gasteiger partial charge is 0.326 e. The second-order valence-electron chi connectivity index (χ2n) is 7.03. The number of imide groups is 1. The maximum atomic E-state index is 13.8. The lowest BCUT2D eigenvalue weighted by Crippen LogP contribution is -2.28. The van der Waals surface area contributed by atoms with Crippen LogP contribution in [0.3, 0.4) is 0 Å². The van der Waals surface area contributed by atoms with Crippen LogP contribution in [0, 0.1) is 11.7 Å². The van der Waals surface area contributed by atoms with Crippen molar-refractivity contribution in [2.24, 2.45) is 5.92 Å². The third kappa shape index (κ3) is 3.60. The number of benzene rings is 2. The van der Waals surface area contributed by atoms with Crippen LogP contribution in [0.2, 0.25) is 0 Å². The maximum Gasteiger partial charge on any atom is 0.229 e. The number of rotatable bonds is 5. The van der Waals surface area contributed by atoms with Gasteiger partial charge in [0.2, 0.25) is 17.7 Å². The number of amides is 3. The fourth-order valence-corrected chi connectivity index (χ4v) is 3.51. The van der Waals surface area contributed by atoms with E-state index in [1.54, 1.807) is 42.5 Å². The zero-order valence-electron chi connectivity index (χ0n) is 14.7. The summed E-state index contributed by atoms with van der Waals surface area (Å²) in [5.74, 6) is -0.983. The van der Waals surface area contributed by atoms with Gasteiger partial charge < -0.3 is 5.32 Å². The summed E-state index contributed by atoms with van der Waals surface area (Å²) < 4.78 is 13.8. The van der Waals surface area contributed by atoms with Crippen molar-refractivity contribution in [2.45, 2.75) is 31.7 Å². The summed E-state index contributed by atoms with van der Waals surface area (Å²) in [6.45, 7) is 0.254. The molecule has 2 unspecified atom stereocenters. The summed E-state index contributed by atoms with van der Waals surface area (Å²) in [6, 6.07) is 13.6. The molecule has 27 heavy (non-hydrogen) atoms. The highest BCUT2D eigenvalue weighted by atomic mass is 19.1. The lowest BCUT2D eigenvalue weighted by atomic mass is 10.1. The van der Waals surface area contributed by atoms with Crippen LogP contribution in [0.5, 0.6) is 0 Å². The summed E-state index contributed by atoms with van der Waals surface area (Å²) in [7, 11) is 0. The average molecular weight is 366 g/mol. The molecule has 4 rings (SSSR count). The first kappa shape index (κ1) is 17.4. The molecule has 2 aromatic carbocycles. The van der Waals surface area contributed by atoms with Crippen LogP contribution in [0.25, 0.3) is 0 Å². The van der Waals surface area contributed by atoms with Gasteiger partial charge in [-0.25, -0.2) is 4.39 Å². The van der Waals surface area contributed by atoms with Crippen molar-refractivity contribution in [3.05, 3.63) is 65.5 Å². The van der Waals surface area contributed by atoms with Gasteiger partial charge in [-0.1, -0.05) is 30.3 Å². The molecule has 3 amide bonds. The summed E-state index contributed by atoms with van der Waals surface area (Å²) in [5, 5.41) is 2.85. The third-order valence-electron chi connectivity index (χ3n) is 5.15. The number of nitrogens with zero attached hydrogens (tertiary/aromatic N) is 1. The predicted octanol–water partition coefficient (Wildman–Crippen LogP) is 3.22. The SMILES string of the molecule is O=C(Nc1ccc(CN2C(=O)CCC2=O)cc1)C1CC1c1ccccc1F. The Morgan fingerprint density at radius 1 is 1.04 bits per heavy atom. The molecule has 1 aliphatic heterocycles. The molecule has 138 valence electrons. The Labute approximate surface area is 156 Å². The number of anilines is 1. The first-order valence-corrected chi connectivity index (χ1v) is 9.00. The van der Waals surface area contributed by atoms with Crippen LogP contribution in [-0.4, -0.2) is 22.6 Å². The number of hydrogen-bond acceptors (Lipinski definition) is 3. The number of likely N-dealkylation sites (tertiary alicyclic amines) is 1. The van der Waals surface area contributed by atoms with E-state index in [1.165, 1.54) is 11.0 Å². The highest BCUT2D eigenvalue weighted by molar-refractivity contribution is 6.01. The van der Waals surface area contributed by atoms with Crippen molar-refractivity contribution >= 4 is 23.4 Å². The predicted molar refractivity (Wildman–Crippen MR) is 97.1 cm³/mol. The molecule has 2 fully saturated rings. The summed E-state index contributed by atoms with van der Waals surface area (Å²) in [5.41, 5.74) is 2.06. The van der Waals surface area contributed by atoms with Gasteiger partial charge in [-0.15, -0.1) is 0 Å². The minimum atomic E-state index is -0.270. The standard InChI is InChI=1S/C21H19FN2O3/c22-18-4-2-1-3-15(18)16-11-17(16)21(27)23-14-7-5-13(6-8-14)12-24-19(25)9-10-20(24)26/h1-8,16-17H,9-12H2,(H,23,27). The van der Waals surface area contributed by atoms with E-state index in [2.05, 4.69) is 5.32 Å². The second kappa shape index (κ2) is 6.95. The van der Waals surface area contributed by atoms with Gasteiger partial charge in [-0.2, -0.15) is 0 Å². The fraction of sp³-hybridized carbons (Fsp3) is 0.286. The number of carbonyl (C=O) groups is 3. The first-order chi connectivity index (χ1) is 13.0. The van der Waals surface area contributed by atoms with Crippen LogP contribution in [0.1, 0.15) is 36.3 Å². The molecule has 1 aliphatic carbocycles. The molecule has 0 aromatic heterocycles. The van der Waals surface area contributed by atoms with Gasteiger partial charge in [0.25, 0.3) is 0 Å². The Balaban J connectivity index is 1.35. The number of nitrogens with one attached hydrogen (secondary N) is 1. The first-order valence-electron chi connectivity index (χ1n) is 9.00. The lowest BCUT2D eigenvalue weighted by molar-refractivity contribution is -0.139. The van der Waals surface area contributed by atoms with E-state index >= 15 is 0 Å². The summed E-state index contributed by atoms with van der Waals surface area (Å²) in [6.07, 6.45) is 1.19. The normalized spacial score (nSPS) is 21.4. The molecular formula is C21H19FN2O3. The van der Waals surface area contributed by atoms with E-state index in [9.17, 15) is 18.8 Å². The van der Waals surface area contributed by atoms with Gasteiger partial charge in [0, 0.05) is 24.4 Å². The van der Waals surface area contributed by atoms with Crippen LogP contribution >= 0.6 is 0 Å². The van der Waals surface area contributed by atoms with Gasteiger partial charge in [0.15, 0.2) is 0 Å². The second-order valence-corrected chi connectivity index (χ2v) is 7.03. The Bertz CT molecular complexity index is 894. The van der Waals surface area contributed by atoms with Crippen molar-refractivity contribution in [3.63, 3.8) is 0 Å². The molecule has 1 heterocycles. The molecule has 2 aliphatic rings. The quantitative estimate of drug-likeness (QED) is 0.827. The lowest BCUT2D eigenvalue weighted by Gasteiger charge is -2.14. The molecule has 1 N–H and O–H groups in total. The van der Waals surface area contributed by atoms with E-state index in [4.69, 9.17) is 0 Å². The van der Waals surface area contributed by atoms with Crippen molar-refractivity contribution in [1.82, 2.24) is 4.90 Å².